The van der Waals surface area contributed by atoms with Gasteiger partial charge in [-0.05, 0) is 58.2 Å². The summed E-state index contributed by atoms with van der Waals surface area (Å²) in [4.78, 5) is 24.2. The van der Waals surface area contributed by atoms with E-state index in [4.69, 9.17) is 27.9 Å². The number of hydrogen-bond donors (Lipinski definition) is 0. The van der Waals surface area contributed by atoms with E-state index in [1.165, 1.54) is 0 Å². The number of halogens is 2. The Bertz CT molecular complexity index is 607. The fourth-order valence-corrected chi connectivity index (χ4v) is 3.34. The molecule has 2 rings (SSSR count). The molecule has 0 aromatic carbocycles. The van der Waals surface area contributed by atoms with Crippen LogP contribution in [0.5, 0.6) is 0 Å². The van der Waals surface area contributed by atoms with Gasteiger partial charge in [0.15, 0.2) is 0 Å². The maximum absolute atomic E-state index is 12.3. The van der Waals surface area contributed by atoms with Crippen LogP contribution in [0.2, 0.25) is 10.4 Å². The van der Waals surface area contributed by atoms with Crippen molar-refractivity contribution in [1.29, 1.82) is 0 Å². The molecule has 1 saturated heterocycles. The van der Waals surface area contributed by atoms with Crippen LogP contribution in [-0.2, 0) is 11.3 Å². The van der Waals surface area contributed by atoms with Gasteiger partial charge >= 0.3 is 6.09 Å². The first kappa shape index (κ1) is 20.2. The standard InChI is InChI=1S/C17H26Cl2N4O2/c1-17(2,3)25-16(24)23-7-5-6-12(10-23)9-22(4)11-13-8-20-15(19)21-14(13)18/h8,12H,5-7,9-11H2,1-4H3/t12-/m0/s1. The number of ether oxygens (including phenoxy) is 1. The van der Waals surface area contributed by atoms with E-state index >= 15 is 0 Å². The van der Waals surface area contributed by atoms with Crippen molar-refractivity contribution in [2.75, 3.05) is 26.7 Å². The minimum atomic E-state index is -0.466. The fraction of sp³-hybridized carbons (Fsp3) is 0.706. The van der Waals surface area contributed by atoms with E-state index in [1.54, 1.807) is 6.20 Å². The molecule has 1 aromatic heterocycles. The molecule has 1 aliphatic rings. The number of carbonyl (C=O) groups is 1. The molecule has 0 aliphatic carbocycles. The van der Waals surface area contributed by atoms with Gasteiger partial charge in [-0.15, -0.1) is 0 Å². The highest BCUT2D eigenvalue weighted by Gasteiger charge is 2.28. The van der Waals surface area contributed by atoms with Gasteiger partial charge in [0.1, 0.15) is 10.8 Å². The van der Waals surface area contributed by atoms with Crippen molar-refractivity contribution in [2.45, 2.75) is 45.8 Å². The molecule has 0 unspecified atom stereocenters. The molecule has 8 heteroatoms. The van der Waals surface area contributed by atoms with Gasteiger partial charge in [0.2, 0.25) is 5.28 Å². The first-order chi connectivity index (χ1) is 11.6. The number of amides is 1. The third kappa shape index (κ3) is 6.60. The van der Waals surface area contributed by atoms with Gasteiger partial charge < -0.3 is 14.5 Å². The third-order valence-electron chi connectivity index (χ3n) is 3.96. The van der Waals surface area contributed by atoms with Crippen molar-refractivity contribution in [3.63, 3.8) is 0 Å². The zero-order chi connectivity index (χ0) is 18.6. The summed E-state index contributed by atoms with van der Waals surface area (Å²) in [5.74, 6) is 0.401. The van der Waals surface area contributed by atoms with E-state index in [1.807, 2.05) is 32.7 Å². The fourth-order valence-electron chi connectivity index (χ4n) is 2.97. The molecular weight excluding hydrogens is 363 g/mol. The molecule has 0 radical (unpaired) electrons. The topological polar surface area (TPSA) is 58.6 Å². The SMILES string of the molecule is CN(Cc1cnc(Cl)nc1Cl)C[C@@H]1CCCN(C(=O)OC(C)(C)C)C1. The van der Waals surface area contributed by atoms with Gasteiger partial charge in [0, 0.05) is 37.9 Å². The summed E-state index contributed by atoms with van der Waals surface area (Å²) in [5.41, 5.74) is 0.375. The number of nitrogens with zero attached hydrogens (tertiary/aromatic N) is 4. The van der Waals surface area contributed by atoms with Gasteiger partial charge in [0.05, 0.1) is 0 Å². The number of carbonyl (C=O) groups excluding carboxylic acids is 1. The van der Waals surface area contributed by atoms with E-state index < -0.39 is 5.60 Å². The molecule has 0 N–H and O–H groups in total. The van der Waals surface area contributed by atoms with Crippen molar-refractivity contribution in [3.8, 4) is 0 Å². The molecule has 25 heavy (non-hydrogen) atoms. The number of piperidine rings is 1. The number of likely N-dealkylation sites (tertiary alicyclic amines) is 1. The molecule has 140 valence electrons. The van der Waals surface area contributed by atoms with E-state index in [-0.39, 0.29) is 11.4 Å². The molecule has 1 fully saturated rings. The summed E-state index contributed by atoms with van der Waals surface area (Å²) < 4.78 is 5.48. The number of hydrogen-bond acceptors (Lipinski definition) is 5. The second-order valence-electron chi connectivity index (χ2n) is 7.59. The Morgan fingerprint density at radius 1 is 1.44 bits per heavy atom. The molecule has 1 amide bonds. The number of aromatic nitrogens is 2. The quantitative estimate of drug-likeness (QED) is 0.578. The van der Waals surface area contributed by atoms with Crippen LogP contribution in [0.1, 0.15) is 39.2 Å². The molecular formula is C17H26Cl2N4O2. The van der Waals surface area contributed by atoms with Crippen LogP contribution in [0.3, 0.4) is 0 Å². The summed E-state index contributed by atoms with van der Waals surface area (Å²) in [6, 6.07) is 0. The van der Waals surface area contributed by atoms with Crippen molar-refractivity contribution in [3.05, 3.63) is 22.2 Å². The Labute approximate surface area is 159 Å². The van der Waals surface area contributed by atoms with Crippen LogP contribution < -0.4 is 0 Å². The van der Waals surface area contributed by atoms with E-state index in [0.717, 1.165) is 31.5 Å². The van der Waals surface area contributed by atoms with E-state index in [0.29, 0.717) is 24.2 Å². The molecule has 1 aromatic rings. The molecule has 6 nitrogen and oxygen atoms in total. The van der Waals surface area contributed by atoms with Gasteiger partial charge in [-0.3, -0.25) is 0 Å². The Morgan fingerprint density at radius 2 is 2.16 bits per heavy atom. The maximum atomic E-state index is 12.3. The van der Waals surface area contributed by atoms with E-state index in [2.05, 4.69) is 14.9 Å². The van der Waals surface area contributed by atoms with Crippen LogP contribution in [0.4, 0.5) is 4.79 Å². The normalized spacial score (nSPS) is 18.5. The Kier molecular flexibility index (Phi) is 6.88. The van der Waals surface area contributed by atoms with Crippen LogP contribution >= 0.6 is 23.2 Å². The summed E-state index contributed by atoms with van der Waals surface area (Å²) in [6.07, 6.45) is 3.51. The Balaban J connectivity index is 1.88. The van der Waals surface area contributed by atoms with Crippen LogP contribution in [0.15, 0.2) is 6.20 Å². The van der Waals surface area contributed by atoms with Crippen molar-refractivity contribution in [2.24, 2.45) is 5.92 Å². The van der Waals surface area contributed by atoms with Crippen molar-refractivity contribution < 1.29 is 9.53 Å². The predicted octanol–water partition coefficient (Wildman–Crippen LogP) is 3.86. The highest BCUT2D eigenvalue weighted by molar-refractivity contribution is 6.32. The predicted molar refractivity (Wildman–Crippen MR) is 98.9 cm³/mol. The average Bonchev–Trinajstić information content (AvgIpc) is 2.48. The van der Waals surface area contributed by atoms with Gasteiger partial charge in [-0.1, -0.05) is 11.6 Å². The summed E-state index contributed by atoms with van der Waals surface area (Å²) in [5, 5.41) is 0.530. The van der Waals surface area contributed by atoms with Gasteiger partial charge in [-0.2, -0.15) is 0 Å². The largest absolute Gasteiger partial charge is 0.444 e. The maximum Gasteiger partial charge on any atom is 0.410 e. The minimum absolute atomic E-state index is 0.150. The third-order valence-corrected chi connectivity index (χ3v) is 4.47. The minimum Gasteiger partial charge on any atom is -0.444 e. The Hall–Kier alpha value is -1.11. The van der Waals surface area contributed by atoms with Crippen LogP contribution in [0, 0.1) is 5.92 Å². The van der Waals surface area contributed by atoms with E-state index in [9.17, 15) is 4.79 Å². The molecule has 1 aliphatic heterocycles. The first-order valence-corrected chi connectivity index (χ1v) is 9.23. The smallest absolute Gasteiger partial charge is 0.410 e. The van der Waals surface area contributed by atoms with Gasteiger partial charge in [0.25, 0.3) is 0 Å². The van der Waals surface area contributed by atoms with Crippen molar-refractivity contribution >= 4 is 29.3 Å². The highest BCUT2D eigenvalue weighted by atomic mass is 35.5. The number of rotatable bonds is 4. The second kappa shape index (κ2) is 8.52. The molecule has 1 atom stereocenters. The Morgan fingerprint density at radius 3 is 2.80 bits per heavy atom. The highest BCUT2D eigenvalue weighted by Crippen LogP contribution is 2.21. The lowest BCUT2D eigenvalue weighted by Gasteiger charge is -2.35. The lowest BCUT2D eigenvalue weighted by atomic mass is 9.97. The first-order valence-electron chi connectivity index (χ1n) is 8.47. The molecule has 0 saturated carbocycles. The zero-order valence-corrected chi connectivity index (χ0v) is 16.8. The zero-order valence-electron chi connectivity index (χ0n) is 15.3. The van der Waals surface area contributed by atoms with Crippen molar-refractivity contribution in [1.82, 2.24) is 19.8 Å². The van der Waals surface area contributed by atoms with Gasteiger partial charge in [-0.25, -0.2) is 14.8 Å². The molecule has 0 bridgehead atoms. The average molecular weight is 389 g/mol. The lowest BCUT2D eigenvalue weighted by Crippen LogP contribution is -2.45. The molecule has 0 spiro atoms. The summed E-state index contributed by atoms with van der Waals surface area (Å²) in [7, 11) is 2.03. The van der Waals surface area contributed by atoms with Crippen LogP contribution in [-0.4, -0.2) is 58.1 Å². The summed E-state index contributed by atoms with van der Waals surface area (Å²) >= 11 is 11.8. The second-order valence-corrected chi connectivity index (χ2v) is 8.28. The summed E-state index contributed by atoms with van der Waals surface area (Å²) in [6.45, 7) is 8.63. The lowest BCUT2D eigenvalue weighted by molar-refractivity contribution is 0.0148. The monoisotopic (exact) mass is 388 g/mol. The molecule has 2 heterocycles. The van der Waals surface area contributed by atoms with Crippen LogP contribution in [0.25, 0.3) is 0 Å².